The van der Waals surface area contributed by atoms with Crippen LogP contribution in [0.3, 0.4) is 0 Å². The first-order valence-corrected chi connectivity index (χ1v) is 9.47. The van der Waals surface area contributed by atoms with Crippen LogP contribution in [-0.4, -0.2) is 14.8 Å². The van der Waals surface area contributed by atoms with Crippen molar-refractivity contribution in [3.8, 4) is 16.4 Å². The van der Waals surface area contributed by atoms with E-state index in [2.05, 4.69) is 24.0 Å². The minimum Gasteiger partial charge on any atom is -0.267 e. The molecule has 0 aliphatic rings. The maximum absolute atomic E-state index is 13.1. The van der Waals surface area contributed by atoms with E-state index in [9.17, 15) is 4.79 Å². The van der Waals surface area contributed by atoms with Crippen molar-refractivity contribution in [2.45, 2.75) is 6.92 Å². The van der Waals surface area contributed by atoms with Crippen molar-refractivity contribution in [3.63, 3.8) is 0 Å². The Morgan fingerprint density at radius 1 is 0.852 bits per heavy atom. The predicted molar refractivity (Wildman–Crippen MR) is 111 cm³/mol. The lowest BCUT2D eigenvalue weighted by Crippen LogP contribution is -2.22. The summed E-state index contributed by atoms with van der Waals surface area (Å²) in [7, 11) is 0. The van der Waals surface area contributed by atoms with Crippen LogP contribution >= 0.6 is 11.3 Å². The van der Waals surface area contributed by atoms with Crippen LogP contribution in [0.2, 0.25) is 0 Å². The van der Waals surface area contributed by atoms with Crippen LogP contribution in [-0.2, 0) is 0 Å². The van der Waals surface area contributed by atoms with Gasteiger partial charge in [-0.05, 0) is 25.1 Å². The molecular weight excluding hydrogens is 354 g/mol. The molecule has 0 aliphatic carbocycles. The van der Waals surface area contributed by atoms with Crippen molar-refractivity contribution in [3.05, 3.63) is 88.7 Å². The molecule has 2 heterocycles. The second kappa shape index (κ2) is 6.14. The van der Waals surface area contributed by atoms with Gasteiger partial charge in [0.25, 0.3) is 5.56 Å². The molecule has 0 saturated heterocycles. The van der Waals surface area contributed by atoms with E-state index in [4.69, 9.17) is 5.10 Å². The van der Waals surface area contributed by atoms with Gasteiger partial charge in [0.05, 0.1) is 21.3 Å². The molecule has 0 saturated carbocycles. The third-order valence-electron chi connectivity index (χ3n) is 4.59. The van der Waals surface area contributed by atoms with E-state index in [1.54, 1.807) is 0 Å². The van der Waals surface area contributed by atoms with Gasteiger partial charge in [-0.25, -0.2) is 4.98 Å². The van der Waals surface area contributed by atoms with Crippen LogP contribution in [0.15, 0.2) is 77.6 Å². The Hall–Kier alpha value is -3.31. The van der Waals surface area contributed by atoms with E-state index in [-0.39, 0.29) is 5.56 Å². The summed E-state index contributed by atoms with van der Waals surface area (Å²) in [4.78, 5) is 17.7. The summed E-state index contributed by atoms with van der Waals surface area (Å²) in [6, 6.07) is 23.7. The molecule has 5 rings (SSSR count). The number of nitrogens with zero attached hydrogens (tertiary/aromatic N) is 3. The Bertz CT molecular complexity index is 1320. The second-order valence-electron chi connectivity index (χ2n) is 6.44. The molecule has 0 aliphatic heterocycles. The SMILES string of the molecule is Cc1ccc(-c2nn(-c3nc4ccccc4s3)c(=O)c3ccccc23)cc1. The van der Waals surface area contributed by atoms with Gasteiger partial charge in [0, 0.05) is 10.9 Å². The first kappa shape index (κ1) is 15.9. The zero-order valence-corrected chi connectivity index (χ0v) is 15.4. The standard InChI is InChI=1S/C22H15N3OS/c1-14-10-12-15(13-11-14)20-16-6-2-3-7-17(16)21(26)25(24-20)22-23-18-8-4-5-9-19(18)27-22/h2-13H,1H3. The van der Waals surface area contributed by atoms with Gasteiger partial charge in [-0.15, -0.1) is 0 Å². The average Bonchev–Trinajstić information content (AvgIpc) is 3.13. The molecule has 130 valence electrons. The van der Waals surface area contributed by atoms with Crippen molar-refractivity contribution in [2.75, 3.05) is 0 Å². The van der Waals surface area contributed by atoms with Gasteiger partial charge in [-0.2, -0.15) is 9.78 Å². The fourth-order valence-electron chi connectivity index (χ4n) is 3.19. The molecule has 0 amide bonds. The molecule has 0 spiro atoms. The number of aromatic nitrogens is 3. The topological polar surface area (TPSA) is 47.8 Å². The first-order chi connectivity index (χ1) is 13.2. The highest BCUT2D eigenvalue weighted by atomic mass is 32.1. The van der Waals surface area contributed by atoms with Crippen molar-refractivity contribution >= 4 is 32.3 Å². The largest absolute Gasteiger partial charge is 0.281 e. The fourth-order valence-corrected chi connectivity index (χ4v) is 4.11. The number of para-hydroxylation sites is 1. The molecule has 2 aromatic heterocycles. The number of aryl methyl sites for hydroxylation is 1. The maximum Gasteiger partial charge on any atom is 0.281 e. The smallest absolute Gasteiger partial charge is 0.267 e. The van der Waals surface area contributed by atoms with Crippen LogP contribution in [0, 0.1) is 6.92 Å². The van der Waals surface area contributed by atoms with E-state index < -0.39 is 0 Å². The van der Waals surface area contributed by atoms with Gasteiger partial charge in [-0.3, -0.25) is 4.79 Å². The molecular formula is C22H15N3OS. The number of hydrogen-bond acceptors (Lipinski definition) is 4. The first-order valence-electron chi connectivity index (χ1n) is 8.66. The highest BCUT2D eigenvalue weighted by molar-refractivity contribution is 7.20. The molecule has 5 aromatic rings. The number of hydrogen-bond donors (Lipinski definition) is 0. The lowest BCUT2D eigenvalue weighted by atomic mass is 10.0. The number of fused-ring (bicyclic) bond motifs is 2. The predicted octanol–water partition coefficient (Wildman–Crippen LogP) is 4.97. The van der Waals surface area contributed by atoms with Gasteiger partial charge in [0.1, 0.15) is 0 Å². The number of thiazole rings is 1. The molecule has 4 nitrogen and oxygen atoms in total. The summed E-state index contributed by atoms with van der Waals surface area (Å²) >= 11 is 1.47. The van der Waals surface area contributed by atoms with E-state index in [1.165, 1.54) is 21.6 Å². The molecule has 0 bridgehead atoms. The molecule has 0 N–H and O–H groups in total. The average molecular weight is 369 g/mol. The van der Waals surface area contributed by atoms with Crippen molar-refractivity contribution in [1.82, 2.24) is 14.8 Å². The van der Waals surface area contributed by atoms with E-state index >= 15 is 0 Å². The van der Waals surface area contributed by atoms with Gasteiger partial charge in [0.2, 0.25) is 5.13 Å². The fraction of sp³-hybridized carbons (Fsp3) is 0.0455. The monoisotopic (exact) mass is 369 g/mol. The van der Waals surface area contributed by atoms with E-state index in [1.807, 2.05) is 60.7 Å². The van der Waals surface area contributed by atoms with Crippen molar-refractivity contribution in [1.29, 1.82) is 0 Å². The normalized spacial score (nSPS) is 11.3. The minimum absolute atomic E-state index is 0.152. The molecule has 0 unspecified atom stereocenters. The zero-order chi connectivity index (χ0) is 18.4. The summed E-state index contributed by atoms with van der Waals surface area (Å²) in [5.41, 5.74) is 3.66. The molecule has 27 heavy (non-hydrogen) atoms. The molecule has 5 heteroatoms. The van der Waals surface area contributed by atoms with Crippen LogP contribution in [0.1, 0.15) is 5.56 Å². The molecule has 0 atom stereocenters. The molecule has 0 fully saturated rings. The summed E-state index contributed by atoms with van der Waals surface area (Å²) in [5, 5.41) is 6.79. The lowest BCUT2D eigenvalue weighted by molar-refractivity contribution is 0.820. The van der Waals surface area contributed by atoms with Gasteiger partial charge < -0.3 is 0 Å². The number of rotatable bonds is 2. The number of benzene rings is 3. The molecule has 0 radical (unpaired) electrons. The van der Waals surface area contributed by atoms with Gasteiger partial charge in [0.15, 0.2) is 0 Å². The Labute approximate surface area is 159 Å². The second-order valence-corrected chi connectivity index (χ2v) is 7.45. The Morgan fingerprint density at radius 3 is 2.33 bits per heavy atom. The minimum atomic E-state index is -0.152. The van der Waals surface area contributed by atoms with Crippen molar-refractivity contribution < 1.29 is 0 Å². The van der Waals surface area contributed by atoms with E-state index in [0.29, 0.717) is 10.5 Å². The van der Waals surface area contributed by atoms with Gasteiger partial charge in [-0.1, -0.05) is 71.5 Å². The lowest BCUT2D eigenvalue weighted by Gasteiger charge is -2.09. The third-order valence-corrected chi connectivity index (χ3v) is 5.61. The Balaban J connectivity index is 1.84. The highest BCUT2D eigenvalue weighted by Gasteiger charge is 2.15. The van der Waals surface area contributed by atoms with E-state index in [0.717, 1.165) is 26.9 Å². The Morgan fingerprint density at radius 2 is 1.56 bits per heavy atom. The van der Waals surface area contributed by atoms with Crippen LogP contribution in [0.5, 0.6) is 0 Å². The zero-order valence-electron chi connectivity index (χ0n) is 14.6. The summed E-state index contributed by atoms with van der Waals surface area (Å²) in [6.45, 7) is 2.05. The highest BCUT2D eigenvalue weighted by Crippen LogP contribution is 2.28. The van der Waals surface area contributed by atoms with Crippen LogP contribution < -0.4 is 5.56 Å². The third kappa shape index (κ3) is 2.64. The van der Waals surface area contributed by atoms with Crippen LogP contribution in [0.25, 0.3) is 37.4 Å². The van der Waals surface area contributed by atoms with Crippen molar-refractivity contribution in [2.24, 2.45) is 0 Å². The maximum atomic E-state index is 13.1. The summed E-state index contributed by atoms with van der Waals surface area (Å²) in [5.74, 6) is 0. The van der Waals surface area contributed by atoms with Crippen LogP contribution in [0.4, 0.5) is 0 Å². The molecule has 3 aromatic carbocycles. The quantitative estimate of drug-likeness (QED) is 0.441. The summed E-state index contributed by atoms with van der Waals surface area (Å²) < 4.78 is 2.47. The Kier molecular flexibility index (Phi) is 3.62. The summed E-state index contributed by atoms with van der Waals surface area (Å²) in [6.07, 6.45) is 0. The van der Waals surface area contributed by atoms with Gasteiger partial charge >= 0.3 is 0 Å².